The summed E-state index contributed by atoms with van der Waals surface area (Å²) in [6, 6.07) is 9.14. The molecule has 1 aliphatic rings. The van der Waals surface area contributed by atoms with E-state index in [-0.39, 0.29) is 49.6 Å². The molecule has 0 saturated carbocycles. The van der Waals surface area contributed by atoms with E-state index in [4.69, 9.17) is 18.9 Å². The van der Waals surface area contributed by atoms with Gasteiger partial charge in [0.15, 0.2) is 11.4 Å². The summed E-state index contributed by atoms with van der Waals surface area (Å²) < 4.78 is 161. The molecule has 0 unspecified atom stereocenters. The van der Waals surface area contributed by atoms with Gasteiger partial charge in [-0.15, -0.1) is 0 Å². The SMILES string of the molecule is C=C(/C=C\C(=C/C)OC)S(=O)(=O)O/N=C(/C1=CC=C(OCCCOc2ccc(/C(=N/OS(=O)(=O)c3ccc(OC)cc3)C(F)(F)F)cc2)CC1)C(F)(F)F. The number of hydrogen-bond acceptors (Lipinski definition) is 12. The van der Waals surface area contributed by atoms with Crippen molar-refractivity contribution < 1.29 is 70.7 Å². The second-order valence-corrected chi connectivity index (χ2v) is 13.8. The molecule has 0 aromatic heterocycles. The zero-order valence-electron chi connectivity index (χ0n) is 28.8. The summed E-state index contributed by atoms with van der Waals surface area (Å²) >= 11 is 0. The fourth-order valence-electron chi connectivity index (χ4n) is 4.20. The molecule has 0 aliphatic heterocycles. The van der Waals surface area contributed by atoms with E-state index in [9.17, 15) is 43.2 Å². The van der Waals surface area contributed by atoms with E-state index in [1.807, 2.05) is 0 Å². The summed E-state index contributed by atoms with van der Waals surface area (Å²) in [5.74, 6) is 1.07. The Labute approximate surface area is 307 Å². The second-order valence-electron chi connectivity index (χ2n) is 10.7. The Balaban J connectivity index is 1.56. The molecule has 0 radical (unpaired) electrons. The van der Waals surface area contributed by atoms with Gasteiger partial charge in [-0.1, -0.05) is 23.0 Å². The van der Waals surface area contributed by atoms with Gasteiger partial charge in [0.1, 0.15) is 27.1 Å². The average Bonchev–Trinajstić information content (AvgIpc) is 3.12. The van der Waals surface area contributed by atoms with E-state index in [2.05, 4.69) is 25.5 Å². The van der Waals surface area contributed by atoms with Gasteiger partial charge in [0.25, 0.3) is 0 Å². The number of halogens is 6. The summed E-state index contributed by atoms with van der Waals surface area (Å²) in [4.78, 5) is -1.10. The maximum atomic E-state index is 13.8. The van der Waals surface area contributed by atoms with Gasteiger partial charge in [-0.3, -0.25) is 8.57 Å². The van der Waals surface area contributed by atoms with Gasteiger partial charge >= 0.3 is 32.6 Å². The topological polar surface area (TPSA) is 148 Å². The van der Waals surface area contributed by atoms with Crippen molar-refractivity contribution in [2.45, 2.75) is 43.4 Å². The molecular formula is C34H34F6N2O10S2. The third-order valence-corrected chi connectivity index (χ3v) is 9.17. The number of nitrogens with zero attached hydrogens (tertiary/aromatic N) is 2. The molecule has 0 amide bonds. The van der Waals surface area contributed by atoms with E-state index in [1.54, 1.807) is 6.92 Å². The zero-order chi connectivity index (χ0) is 40.2. The number of allylic oxidation sites excluding steroid dienone is 7. The predicted molar refractivity (Wildman–Crippen MR) is 184 cm³/mol. The molecule has 2 aromatic rings. The van der Waals surface area contributed by atoms with E-state index in [0.717, 1.165) is 36.4 Å². The number of alkyl halides is 6. The van der Waals surface area contributed by atoms with Crippen molar-refractivity contribution in [3.05, 3.63) is 113 Å². The van der Waals surface area contributed by atoms with Gasteiger partial charge in [-0.25, -0.2) is 0 Å². The van der Waals surface area contributed by atoms with Crippen LogP contribution >= 0.6 is 0 Å². The van der Waals surface area contributed by atoms with Crippen LogP contribution in [0.15, 0.2) is 123 Å². The Morgan fingerprint density at radius 3 is 1.91 bits per heavy atom. The minimum Gasteiger partial charge on any atom is -0.498 e. The first-order chi connectivity index (χ1) is 25.3. The fraction of sp³-hybridized carbons (Fsp3) is 0.294. The van der Waals surface area contributed by atoms with Crippen LogP contribution in [0, 0.1) is 0 Å². The van der Waals surface area contributed by atoms with Crippen molar-refractivity contribution in [2.24, 2.45) is 10.3 Å². The predicted octanol–water partition coefficient (Wildman–Crippen LogP) is 7.64. The Kier molecular flexibility index (Phi) is 14.9. The first-order valence-electron chi connectivity index (χ1n) is 15.5. The van der Waals surface area contributed by atoms with Crippen LogP contribution in [0.3, 0.4) is 0 Å². The highest BCUT2D eigenvalue weighted by molar-refractivity contribution is 7.90. The largest absolute Gasteiger partial charge is 0.498 e. The number of rotatable bonds is 18. The molecule has 0 fully saturated rings. The van der Waals surface area contributed by atoms with Crippen molar-refractivity contribution >= 4 is 31.7 Å². The molecule has 3 rings (SSSR count). The van der Waals surface area contributed by atoms with E-state index >= 15 is 0 Å². The third kappa shape index (κ3) is 12.7. The second kappa shape index (κ2) is 18.7. The molecule has 0 spiro atoms. The van der Waals surface area contributed by atoms with Crippen LogP contribution < -0.4 is 9.47 Å². The van der Waals surface area contributed by atoms with Crippen molar-refractivity contribution in [3.63, 3.8) is 0 Å². The molecule has 20 heteroatoms. The van der Waals surface area contributed by atoms with Crippen molar-refractivity contribution in [3.8, 4) is 11.5 Å². The molecule has 0 saturated heterocycles. The highest BCUT2D eigenvalue weighted by Crippen LogP contribution is 2.30. The van der Waals surface area contributed by atoms with Gasteiger partial charge in [0.2, 0.25) is 0 Å². The minimum atomic E-state index is -5.08. The number of methoxy groups -OCH3 is 2. The van der Waals surface area contributed by atoms with Gasteiger partial charge in [0.05, 0.1) is 33.2 Å². The average molecular weight is 809 g/mol. The molecule has 1 aliphatic carbocycles. The zero-order valence-corrected chi connectivity index (χ0v) is 30.4. The summed E-state index contributed by atoms with van der Waals surface area (Å²) in [6.45, 7) is 5.00. The summed E-state index contributed by atoms with van der Waals surface area (Å²) in [5.41, 5.74) is -4.01. The van der Waals surface area contributed by atoms with Crippen molar-refractivity contribution in [1.82, 2.24) is 0 Å². The van der Waals surface area contributed by atoms with E-state index < -0.39 is 59.4 Å². The maximum absolute atomic E-state index is 13.8. The fourth-order valence-corrected chi connectivity index (χ4v) is 5.44. The Hall–Kier alpha value is -5.24. The molecular weight excluding hydrogens is 775 g/mol. The van der Waals surface area contributed by atoms with Crippen LogP contribution in [0.25, 0.3) is 0 Å². The molecule has 0 N–H and O–H groups in total. The monoisotopic (exact) mass is 808 g/mol. The number of oxime groups is 2. The standard InChI is InChI=1S/C34H34F6N2O10S2/c1-5-26(47-3)12-7-23(2)53(43,44)51-41-31(33(35,36)37)24-8-13-28(14-9-24)49-21-6-22-50-29-15-10-25(11-16-29)32(34(38,39)40)42-52-54(45,46)30-19-17-27(48-4)18-20-30/h5,7-8,10-13,15-20H,2,6,9,14,21-22H2,1,3-4H3/b12-7-,26-5+,41-31-,42-32-. The van der Waals surface area contributed by atoms with Gasteiger partial charge in [-0.05, 0) is 91.8 Å². The number of ether oxygens (including phenoxy) is 4. The van der Waals surface area contributed by atoms with Gasteiger partial charge < -0.3 is 18.9 Å². The normalized spacial score (nSPS) is 14.9. The highest BCUT2D eigenvalue weighted by Gasteiger charge is 2.40. The Morgan fingerprint density at radius 2 is 1.37 bits per heavy atom. The minimum absolute atomic E-state index is 0.0167. The van der Waals surface area contributed by atoms with Crippen LogP contribution in [0.1, 0.15) is 31.7 Å². The molecule has 2 aromatic carbocycles. The van der Waals surface area contributed by atoms with Gasteiger partial charge in [-0.2, -0.15) is 43.2 Å². The Morgan fingerprint density at radius 1 is 0.778 bits per heavy atom. The van der Waals surface area contributed by atoms with Crippen LogP contribution in [0.5, 0.6) is 11.5 Å². The van der Waals surface area contributed by atoms with E-state index in [1.165, 1.54) is 56.7 Å². The van der Waals surface area contributed by atoms with Crippen molar-refractivity contribution in [2.75, 3.05) is 27.4 Å². The van der Waals surface area contributed by atoms with Crippen molar-refractivity contribution in [1.29, 1.82) is 0 Å². The molecule has 294 valence electrons. The molecule has 0 heterocycles. The Bertz CT molecular complexity index is 2030. The lowest BCUT2D eigenvalue weighted by Gasteiger charge is -2.18. The lowest BCUT2D eigenvalue weighted by Crippen LogP contribution is -2.26. The summed E-state index contributed by atoms with van der Waals surface area (Å²) in [5, 5.41) is 5.78. The number of hydrogen-bond donors (Lipinski definition) is 0. The smallest absolute Gasteiger partial charge is 0.437 e. The lowest BCUT2D eigenvalue weighted by atomic mass is 9.99. The molecule has 0 bridgehead atoms. The quantitative estimate of drug-likeness (QED) is 0.0368. The first-order valence-corrected chi connectivity index (χ1v) is 18.3. The van der Waals surface area contributed by atoms with Gasteiger partial charge in [0, 0.05) is 18.4 Å². The first kappa shape index (κ1) is 43.2. The summed E-state index contributed by atoms with van der Waals surface area (Å²) in [6.07, 6.45) is -4.00. The van der Waals surface area contributed by atoms with Crippen LogP contribution in [0.2, 0.25) is 0 Å². The third-order valence-electron chi connectivity index (χ3n) is 7.00. The maximum Gasteiger partial charge on any atom is 0.437 e. The highest BCUT2D eigenvalue weighted by atomic mass is 32.2. The molecule has 12 nitrogen and oxygen atoms in total. The lowest BCUT2D eigenvalue weighted by molar-refractivity contribution is -0.0608. The number of benzene rings is 2. The van der Waals surface area contributed by atoms with Crippen LogP contribution in [-0.4, -0.2) is 68.0 Å². The summed E-state index contributed by atoms with van der Waals surface area (Å²) in [7, 11) is -6.76. The van der Waals surface area contributed by atoms with Crippen LogP contribution in [0.4, 0.5) is 26.3 Å². The molecule has 0 atom stereocenters. The van der Waals surface area contributed by atoms with E-state index in [0.29, 0.717) is 11.5 Å². The van der Waals surface area contributed by atoms with Crippen LogP contribution in [-0.2, 0) is 38.3 Å². The molecule has 54 heavy (non-hydrogen) atoms.